The first-order valence-electron chi connectivity index (χ1n) is 11.3. The van der Waals surface area contributed by atoms with E-state index in [0.717, 1.165) is 50.0 Å². The first kappa shape index (κ1) is 25.5. The van der Waals surface area contributed by atoms with Crippen molar-refractivity contribution >= 4 is 17.6 Å². The molecule has 0 unspecified atom stereocenters. The second-order valence-corrected chi connectivity index (χ2v) is 8.54. The van der Waals surface area contributed by atoms with Gasteiger partial charge in [0.05, 0.1) is 11.6 Å². The number of pyridine rings is 1. The van der Waals surface area contributed by atoms with Crippen molar-refractivity contribution in [2.45, 2.75) is 57.4 Å². The number of anilines is 1. The summed E-state index contributed by atoms with van der Waals surface area (Å²) >= 11 is 0. The molecule has 184 valence electrons. The van der Waals surface area contributed by atoms with Gasteiger partial charge in [0.25, 0.3) is 0 Å². The van der Waals surface area contributed by atoms with Crippen LogP contribution in [-0.2, 0) is 28.7 Å². The highest BCUT2D eigenvalue weighted by molar-refractivity contribution is 5.89. The summed E-state index contributed by atoms with van der Waals surface area (Å²) < 4.78 is 38.7. The summed E-state index contributed by atoms with van der Waals surface area (Å²) in [5.41, 5.74) is 6.04. The minimum atomic E-state index is -4.44. The zero-order chi connectivity index (χ0) is 24.7. The van der Waals surface area contributed by atoms with Crippen molar-refractivity contribution in [3.63, 3.8) is 0 Å². The molecule has 1 aromatic heterocycles. The van der Waals surface area contributed by atoms with Crippen LogP contribution in [0.4, 0.5) is 19.0 Å². The van der Waals surface area contributed by atoms with Gasteiger partial charge in [0.1, 0.15) is 11.9 Å². The van der Waals surface area contributed by atoms with Crippen LogP contribution >= 0.6 is 0 Å². The summed E-state index contributed by atoms with van der Waals surface area (Å²) in [6.45, 7) is 3.60. The molecule has 1 aromatic carbocycles. The number of nitrogen functional groups attached to an aromatic ring is 1. The minimum Gasteiger partial charge on any atom is -0.384 e. The third-order valence-corrected chi connectivity index (χ3v) is 5.99. The zero-order valence-corrected chi connectivity index (χ0v) is 19.1. The summed E-state index contributed by atoms with van der Waals surface area (Å²) in [7, 11) is 0. The maximum Gasteiger partial charge on any atom is 0.416 e. The third-order valence-electron chi connectivity index (χ3n) is 5.99. The molecule has 7 nitrogen and oxygen atoms in total. The Labute approximate surface area is 196 Å². The lowest BCUT2D eigenvalue weighted by Crippen LogP contribution is -2.54. The van der Waals surface area contributed by atoms with Crippen LogP contribution < -0.4 is 16.4 Å². The minimum absolute atomic E-state index is 0.0580. The molecule has 1 aliphatic heterocycles. The molecule has 1 aliphatic rings. The average Bonchev–Trinajstić information content (AvgIpc) is 2.83. The van der Waals surface area contributed by atoms with Crippen molar-refractivity contribution in [2.75, 3.05) is 18.8 Å². The maximum atomic E-state index is 13.0. The number of aromatic nitrogens is 1. The van der Waals surface area contributed by atoms with E-state index in [-0.39, 0.29) is 18.9 Å². The van der Waals surface area contributed by atoms with Gasteiger partial charge >= 0.3 is 6.18 Å². The number of amides is 2. The summed E-state index contributed by atoms with van der Waals surface area (Å²) in [5.74, 6) is -0.367. The largest absolute Gasteiger partial charge is 0.416 e. The summed E-state index contributed by atoms with van der Waals surface area (Å²) in [6, 6.07) is 6.59. The quantitative estimate of drug-likeness (QED) is 0.543. The van der Waals surface area contributed by atoms with Gasteiger partial charge in [-0.15, -0.1) is 0 Å². The van der Waals surface area contributed by atoms with Gasteiger partial charge in [-0.2, -0.15) is 13.2 Å². The maximum absolute atomic E-state index is 13.0. The number of carbonyl (C=O) groups is 2. The van der Waals surface area contributed by atoms with Gasteiger partial charge in [-0.05, 0) is 62.2 Å². The number of benzene rings is 1. The molecule has 2 heterocycles. The Kier molecular flexibility index (Phi) is 8.49. The van der Waals surface area contributed by atoms with E-state index in [1.165, 1.54) is 18.3 Å². The van der Waals surface area contributed by atoms with E-state index < -0.39 is 29.7 Å². The molecule has 4 N–H and O–H groups in total. The van der Waals surface area contributed by atoms with Gasteiger partial charge < -0.3 is 16.4 Å². The molecule has 1 fully saturated rings. The van der Waals surface area contributed by atoms with Crippen LogP contribution in [0.1, 0.15) is 42.9 Å². The van der Waals surface area contributed by atoms with Crippen LogP contribution in [0, 0.1) is 0 Å². The van der Waals surface area contributed by atoms with Gasteiger partial charge in [-0.3, -0.25) is 14.5 Å². The van der Waals surface area contributed by atoms with Crippen LogP contribution in [0.3, 0.4) is 0 Å². The fraction of sp³-hybridized carbons (Fsp3) is 0.458. The number of nitrogens with one attached hydrogen (secondary N) is 2. The second-order valence-electron chi connectivity index (χ2n) is 8.54. The zero-order valence-electron chi connectivity index (χ0n) is 19.1. The van der Waals surface area contributed by atoms with Crippen molar-refractivity contribution < 1.29 is 22.8 Å². The molecule has 3 rings (SSSR count). The van der Waals surface area contributed by atoms with Crippen molar-refractivity contribution in [3.8, 4) is 0 Å². The predicted molar refractivity (Wildman–Crippen MR) is 122 cm³/mol. The van der Waals surface area contributed by atoms with Crippen molar-refractivity contribution in [1.29, 1.82) is 0 Å². The molecule has 1 saturated heterocycles. The highest BCUT2D eigenvalue weighted by atomic mass is 19.4. The van der Waals surface area contributed by atoms with E-state index in [2.05, 4.69) is 20.5 Å². The van der Waals surface area contributed by atoms with Crippen molar-refractivity contribution in [3.05, 3.63) is 59.3 Å². The molecule has 2 amide bonds. The van der Waals surface area contributed by atoms with Crippen molar-refractivity contribution in [2.24, 2.45) is 0 Å². The number of nitrogens with zero attached hydrogens (tertiary/aromatic N) is 2. The second kappa shape index (κ2) is 11.3. The lowest BCUT2D eigenvalue weighted by Gasteiger charge is -2.32. The van der Waals surface area contributed by atoms with Gasteiger partial charge in [-0.1, -0.05) is 24.6 Å². The van der Waals surface area contributed by atoms with Crippen LogP contribution in [0.5, 0.6) is 0 Å². The first-order chi connectivity index (χ1) is 16.1. The van der Waals surface area contributed by atoms with E-state index in [0.29, 0.717) is 11.4 Å². The highest BCUT2D eigenvalue weighted by Gasteiger charge is 2.31. The number of alkyl halides is 3. The molecule has 34 heavy (non-hydrogen) atoms. The third kappa shape index (κ3) is 7.18. The molecule has 10 heteroatoms. The molecule has 0 aliphatic carbocycles. The number of hydrogen-bond donors (Lipinski definition) is 3. The van der Waals surface area contributed by atoms with Crippen LogP contribution in [0.25, 0.3) is 0 Å². The smallest absolute Gasteiger partial charge is 0.384 e. The lowest BCUT2D eigenvalue weighted by atomic mass is 10.0. The van der Waals surface area contributed by atoms with E-state index in [9.17, 15) is 22.8 Å². The Bertz CT molecular complexity index is 958. The molecule has 0 bridgehead atoms. The van der Waals surface area contributed by atoms with E-state index in [1.54, 1.807) is 19.1 Å². The Balaban J connectivity index is 1.70. The predicted octanol–water partition coefficient (Wildman–Crippen LogP) is 2.90. The van der Waals surface area contributed by atoms with Crippen LogP contribution in [0.2, 0.25) is 0 Å². The van der Waals surface area contributed by atoms with Gasteiger partial charge in [-0.25, -0.2) is 4.98 Å². The summed E-state index contributed by atoms with van der Waals surface area (Å²) in [6.07, 6.45) is 0.315. The van der Waals surface area contributed by atoms with Gasteiger partial charge in [0, 0.05) is 19.2 Å². The van der Waals surface area contributed by atoms with Crippen molar-refractivity contribution in [1.82, 2.24) is 20.5 Å². The summed E-state index contributed by atoms with van der Waals surface area (Å²) in [4.78, 5) is 32.0. The number of likely N-dealkylation sites (tertiary alicyclic amines) is 1. The topological polar surface area (TPSA) is 100 Å². The average molecular weight is 478 g/mol. The fourth-order valence-corrected chi connectivity index (χ4v) is 3.89. The molecular formula is C24H30F3N5O2. The number of rotatable bonds is 8. The Hall–Kier alpha value is -3.14. The number of halogens is 3. The van der Waals surface area contributed by atoms with E-state index in [1.807, 2.05) is 0 Å². The lowest BCUT2D eigenvalue weighted by molar-refractivity contribution is -0.137. The molecule has 0 saturated carbocycles. The number of nitrogens with two attached hydrogens (primary N) is 1. The normalized spacial score (nSPS) is 16.5. The van der Waals surface area contributed by atoms with Crippen LogP contribution in [-0.4, -0.2) is 46.9 Å². The van der Waals surface area contributed by atoms with Gasteiger partial charge in [0.15, 0.2) is 0 Å². The van der Waals surface area contributed by atoms with E-state index in [4.69, 9.17) is 5.73 Å². The number of carbonyl (C=O) groups excluding carboxylic acids is 2. The first-order valence-corrected chi connectivity index (χ1v) is 11.3. The molecule has 2 atom stereocenters. The molecule has 0 spiro atoms. The number of hydrogen-bond acceptors (Lipinski definition) is 5. The van der Waals surface area contributed by atoms with Gasteiger partial charge in [0.2, 0.25) is 11.8 Å². The SMILES string of the molecule is C[C@@H](C(=O)N[C@@H](Cc1ccc(C(F)(F)F)cc1)C(=O)NCc1ccc(N)nc1)N1CCCCC1. The Morgan fingerprint density at radius 1 is 1.03 bits per heavy atom. The van der Waals surface area contributed by atoms with E-state index >= 15 is 0 Å². The molecule has 2 aromatic rings. The standard InChI is InChI=1S/C24H30F3N5O2/c1-16(32-11-3-2-4-12-32)22(33)31-20(13-17-5-8-19(9-6-17)24(25,26)27)23(34)30-15-18-7-10-21(28)29-14-18/h5-10,14,16,20H,2-4,11-13,15H2,1H3,(H2,28,29)(H,30,34)(H,31,33)/t16-,20-/m0/s1. The van der Waals surface area contributed by atoms with Crippen LogP contribution in [0.15, 0.2) is 42.6 Å². The molecular weight excluding hydrogens is 447 g/mol. The molecule has 0 radical (unpaired) electrons. The fourth-order valence-electron chi connectivity index (χ4n) is 3.89. The Morgan fingerprint density at radius 2 is 1.68 bits per heavy atom. The highest BCUT2D eigenvalue weighted by Crippen LogP contribution is 2.29. The summed E-state index contributed by atoms with van der Waals surface area (Å²) in [5, 5.41) is 5.57. The number of piperidine rings is 1. The monoisotopic (exact) mass is 477 g/mol. The Morgan fingerprint density at radius 3 is 2.26 bits per heavy atom.